The van der Waals surface area contributed by atoms with Crippen LogP contribution < -0.4 is 10.6 Å². The lowest BCUT2D eigenvalue weighted by molar-refractivity contribution is -0.143. The summed E-state index contributed by atoms with van der Waals surface area (Å²) in [5, 5.41) is 28.0. The van der Waals surface area contributed by atoms with Gasteiger partial charge in [-0.15, -0.1) is 5.10 Å². The molecule has 47 heavy (non-hydrogen) atoms. The predicted octanol–water partition coefficient (Wildman–Crippen LogP) is 5.80. The number of anilines is 1. The van der Waals surface area contributed by atoms with Crippen molar-refractivity contribution in [1.29, 1.82) is 0 Å². The van der Waals surface area contributed by atoms with Gasteiger partial charge >= 0.3 is 5.97 Å². The molecule has 0 atom stereocenters. The summed E-state index contributed by atoms with van der Waals surface area (Å²) in [5.41, 5.74) is 1.71. The molecular weight excluding hydrogens is 729 g/mol. The molecule has 1 fully saturated rings. The van der Waals surface area contributed by atoms with Crippen molar-refractivity contribution in [2.45, 2.75) is 63.6 Å². The molecule has 0 bridgehead atoms. The summed E-state index contributed by atoms with van der Waals surface area (Å²) in [6.45, 7) is 11.2. The second-order valence-corrected chi connectivity index (χ2v) is 15.3. The number of piperidine rings is 1. The van der Waals surface area contributed by atoms with Gasteiger partial charge in [-0.25, -0.2) is 0 Å². The number of nitrogens with one attached hydrogen (secondary N) is 2. The topological polar surface area (TPSA) is 142 Å². The minimum absolute atomic E-state index is 0.0153. The number of hydrogen-bond acceptors (Lipinski definition) is 8. The molecular formula is C32H36BrCl2N7O4S. The Morgan fingerprint density at radius 2 is 1.79 bits per heavy atom. The lowest BCUT2D eigenvalue weighted by atomic mass is 9.87. The third kappa shape index (κ3) is 10.2. The van der Waals surface area contributed by atoms with Gasteiger partial charge in [0.2, 0.25) is 17.0 Å². The van der Waals surface area contributed by atoms with Gasteiger partial charge < -0.3 is 15.7 Å². The molecule has 0 unspecified atom stereocenters. The van der Waals surface area contributed by atoms with Crippen LogP contribution in [0.5, 0.6) is 0 Å². The van der Waals surface area contributed by atoms with Gasteiger partial charge in [-0.05, 0) is 107 Å². The number of benzene rings is 2. The Morgan fingerprint density at radius 1 is 1.09 bits per heavy atom. The number of thioether (sulfide) groups is 1. The van der Waals surface area contributed by atoms with Gasteiger partial charge in [0.05, 0.1) is 45.2 Å². The van der Waals surface area contributed by atoms with Crippen LogP contribution in [-0.2, 0) is 19.8 Å². The Kier molecular flexibility index (Phi) is 12.0. The first kappa shape index (κ1) is 36.7. The highest BCUT2D eigenvalue weighted by atomic mass is 79.9. The SMILES string of the molecule is CC(C)(C#Cc1ccc(NC(=O)CSc2nnnn2-c2cc(C(C)(C)C)cc(Br)c2Cl)c(Cl)c1)NC(=O)CN1CCC(C(=O)O)CC1. The van der Waals surface area contributed by atoms with Crippen molar-refractivity contribution in [2.75, 3.05) is 30.7 Å². The first-order valence-electron chi connectivity index (χ1n) is 14.8. The Hall–Kier alpha value is -3.15. The van der Waals surface area contributed by atoms with Crippen LogP contribution in [0, 0.1) is 17.8 Å². The van der Waals surface area contributed by atoms with E-state index in [0.29, 0.717) is 62.5 Å². The van der Waals surface area contributed by atoms with Crippen LogP contribution in [0.4, 0.5) is 5.69 Å². The van der Waals surface area contributed by atoms with Crippen LogP contribution in [0.1, 0.15) is 58.6 Å². The average Bonchev–Trinajstić information content (AvgIpc) is 3.45. The summed E-state index contributed by atoms with van der Waals surface area (Å²) >= 11 is 17.7. The molecule has 250 valence electrons. The first-order chi connectivity index (χ1) is 22.0. The Labute approximate surface area is 296 Å². The van der Waals surface area contributed by atoms with Crippen LogP contribution >= 0.6 is 50.9 Å². The quantitative estimate of drug-likeness (QED) is 0.182. The standard InChI is InChI=1S/C32H36BrCl2N7O4S/c1-31(2,3)21-15-22(33)28(35)25(16-21)42-30(38-39-40-42)47-18-27(44)36-24-7-6-19(14-23(24)34)8-11-32(4,5)37-26(43)17-41-12-9-20(10-13-41)29(45)46/h6-7,14-16,20H,9-10,12-13,17-18H2,1-5H3,(H,36,44)(H,37,43)(H,45,46). The van der Waals surface area contributed by atoms with E-state index < -0.39 is 11.5 Å². The van der Waals surface area contributed by atoms with E-state index in [2.05, 4.69) is 74.7 Å². The Morgan fingerprint density at radius 3 is 2.43 bits per heavy atom. The first-order valence-corrected chi connectivity index (χ1v) is 17.4. The minimum Gasteiger partial charge on any atom is -0.481 e. The second kappa shape index (κ2) is 15.4. The molecule has 0 radical (unpaired) electrons. The summed E-state index contributed by atoms with van der Waals surface area (Å²) < 4.78 is 2.22. The fourth-order valence-electron chi connectivity index (χ4n) is 4.78. The third-order valence-electron chi connectivity index (χ3n) is 7.39. The van der Waals surface area contributed by atoms with E-state index in [1.165, 1.54) is 4.68 Å². The zero-order valence-electron chi connectivity index (χ0n) is 26.7. The summed E-state index contributed by atoms with van der Waals surface area (Å²) in [4.78, 5) is 38.6. The van der Waals surface area contributed by atoms with E-state index in [-0.39, 0.29) is 35.4 Å². The highest BCUT2D eigenvalue weighted by molar-refractivity contribution is 9.10. The van der Waals surface area contributed by atoms with E-state index in [1.54, 1.807) is 32.0 Å². The molecule has 0 saturated carbocycles. The van der Waals surface area contributed by atoms with Crippen molar-refractivity contribution in [3.05, 3.63) is 56.0 Å². The molecule has 1 aliphatic heterocycles. The summed E-state index contributed by atoms with van der Waals surface area (Å²) in [5.74, 6) is 4.49. The summed E-state index contributed by atoms with van der Waals surface area (Å²) in [7, 11) is 0. The molecule has 0 aliphatic carbocycles. The number of carboxylic acid groups (broad SMARTS) is 1. The van der Waals surface area contributed by atoms with Crippen LogP contribution in [0.3, 0.4) is 0 Å². The minimum atomic E-state index is -0.823. The van der Waals surface area contributed by atoms with Crippen LogP contribution in [0.15, 0.2) is 40.0 Å². The van der Waals surface area contributed by atoms with Gasteiger partial charge in [-0.2, -0.15) is 4.68 Å². The van der Waals surface area contributed by atoms with Crippen molar-refractivity contribution >= 4 is 74.4 Å². The highest BCUT2D eigenvalue weighted by Gasteiger charge is 2.27. The lowest BCUT2D eigenvalue weighted by Gasteiger charge is -2.30. The van der Waals surface area contributed by atoms with E-state index >= 15 is 0 Å². The van der Waals surface area contributed by atoms with Gasteiger partial charge in [0.15, 0.2) is 0 Å². The molecule has 15 heteroatoms. The number of carbonyl (C=O) groups excluding carboxylic acids is 2. The normalized spacial score (nSPS) is 14.3. The molecule has 1 saturated heterocycles. The second-order valence-electron chi connectivity index (χ2n) is 12.8. The number of carbonyl (C=O) groups is 3. The summed E-state index contributed by atoms with van der Waals surface area (Å²) in [6.07, 6.45) is 1.06. The number of nitrogens with zero attached hydrogens (tertiary/aromatic N) is 5. The number of aliphatic carboxylic acids is 1. The number of amides is 2. The van der Waals surface area contributed by atoms with Gasteiger partial charge in [0, 0.05) is 10.0 Å². The average molecular weight is 766 g/mol. The van der Waals surface area contributed by atoms with Crippen LogP contribution in [0.25, 0.3) is 5.69 Å². The number of rotatable bonds is 9. The lowest BCUT2D eigenvalue weighted by Crippen LogP contribution is -2.48. The fraction of sp³-hybridized carbons (Fsp3) is 0.438. The smallest absolute Gasteiger partial charge is 0.306 e. The van der Waals surface area contributed by atoms with E-state index in [9.17, 15) is 14.4 Å². The largest absolute Gasteiger partial charge is 0.481 e. The third-order valence-corrected chi connectivity index (χ3v) is 9.88. The highest BCUT2D eigenvalue weighted by Crippen LogP contribution is 2.36. The van der Waals surface area contributed by atoms with Crippen molar-refractivity contribution in [1.82, 2.24) is 30.4 Å². The number of likely N-dealkylation sites (tertiary alicyclic amines) is 1. The Bertz CT molecular complexity index is 1720. The van der Waals surface area contributed by atoms with E-state index in [4.69, 9.17) is 28.3 Å². The van der Waals surface area contributed by atoms with Gasteiger partial charge in [0.1, 0.15) is 0 Å². The van der Waals surface area contributed by atoms with Crippen LogP contribution in [-0.4, -0.2) is 78.9 Å². The molecule has 2 amide bonds. The van der Waals surface area contributed by atoms with Crippen LogP contribution in [0.2, 0.25) is 10.0 Å². The maximum Gasteiger partial charge on any atom is 0.306 e. The maximum atomic E-state index is 12.8. The number of tetrazole rings is 1. The maximum absolute atomic E-state index is 12.8. The van der Waals surface area contributed by atoms with Gasteiger partial charge in [-0.3, -0.25) is 19.3 Å². The van der Waals surface area contributed by atoms with Crippen molar-refractivity contribution in [2.24, 2.45) is 5.92 Å². The predicted molar refractivity (Wildman–Crippen MR) is 187 cm³/mol. The number of carboxylic acids is 1. The van der Waals surface area contributed by atoms with Gasteiger partial charge in [0.25, 0.3) is 0 Å². The molecule has 3 aromatic rings. The zero-order valence-corrected chi connectivity index (χ0v) is 30.6. The molecule has 3 N–H and O–H groups in total. The molecule has 0 spiro atoms. The number of aromatic nitrogens is 4. The molecule has 1 aromatic heterocycles. The summed E-state index contributed by atoms with van der Waals surface area (Å²) in [6, 6.07) is 8.94. The number of hydrogen-bond donors (Lipinski definition) is 3. The molecule has 2 heterocycles. The van der Waals surface area contributed by atoms with E-state index in [0.717, 1.165) is 17.3 Å². The van der Waals surface area contributed by atoms with Crippen molar-refractivity contribution in [3.63, 3.8) is 0 Å². The number of halogens is 3. The van der Waals surface area contributed by atoms with Crippen molar-refractivity contribution in [3.8, 4) is 17.5 Å². The van der Waals surface area contributed by atoms with Crippen molar-refractivity contribution < 1.29 is 19.5 Å². The Balaban J connectivity index is 1.33. The molecule has 2 aromatic carbocycles. The fourth-order valence-corrected chi connectivity index (χ4v) is 6.33. The monoisotopic (exact) mass is 763 g/mol. The molecule has 1 aliphatic rings. The van der Waals surface area contributed by atoms with E-state index in [1.807, 2.05) is 17.0 Å². The molecule has 4 rings (SSSR count). The molecule has 11 nitrogen and oxygen atoms in total. The zero-order chi connectivity index (χ0) is 34.5. The van der Waals surface area contributed by atoms with Gasteiger partial charge in [-0.1, -0.05) is 67.6 Å².